The van der Waals surface area contributed by atoms with Crippen molar-refractivity contribution in [3.8, 4) is 5.75 Å². The fourth-order valence-corrected chi connectivity index (χ4v) is 3.93. The van der Waals surface area contributed by atoms with E-state index in [0.717, 1.165) is 56.0 Å². The molecule has 3 heterocycles. The van der Waals surface area contributed by atoms with Crippen LogP contribution in [0.15, 0.2) is 73.2 Å². The van der Waals surface area contributed by atoms with Crippen molar-refractivity contribution in [3.05, 3.63) is 78.9 Å². The summed E-state index contributed by atoms with van der Waals surface area (Å²) in [6.45, 7) is 3.17. The van der Waals surface area contributed by atoms with Gasteiger partial charge < -0.3 is 14.9 Å². The zero-order valence-corrected chi connectivity index (χ0v) is 16.0. The number of hydrogen-bond acceptors (Lipinski definition) is 5. The topological polar surface area (TPSA) is 52.5 Å². The lowest BCUT2D eigenvalue weighted by Crippen LogP contribution is -2.43. The Balaban J connectivity index is 1.44. The standard InChI is InChI=1S/C23H26N4O/c28-23-8-3-6-21(17-23)27(22-7-4-12-24-18-22)20-10-15-26(16-11-20)14-9-19-5-1-2-13-25-19/h1-8,12-13,17-18,20,28H,9-11,14-16H2. The predicted octanol–water partition coefficient (Wildman–Crippen LogP) is 4.03. The maximum Gasteiger partial charge on any atom is 0.117 e. The Morgan fingerprint density at radius 3 is 2.54 bits per heavy atom. The molecular weight excluding hydrogens is 348 g/mol. The fourth-order valence-electron chi connectivity index (χ4n) is 3.93. The van der Waals surface area contributed by atoms with Gasteiger partial charge in [-0.25, -0.2) is 0 Å². The molecule has 1 saturated heterocycles. The molecule has 1 fully saturated rings. The first kappa shape index (κ1) is 18.4. The number of hydrogen-bond donors (Lipinski definition) is 1. The third kappa shape index (κ3) is 4.49. The van der Waals surface area contributed by atoms with Crippen LogP contribution in [0.5, 0.6) is 5.75 Å². The lowest BCUT2D eigenvalue weighted by Gasteiger charge is -2.39. The van der Waals surface area contributed by atoms with Crippen LogP contribution in [0, 0.1) is 0 Å². The molecular formula is C23H26N4O. The number of anilines is 2. The molecule has 28 heavy (non-hydrogen) atoms. The quantitative estimate of drug-likeness (QED) is 0.706. The summed E-state index contributed by atoms with van der Waals surface area (Å²) in [4.78, 5) is 13.6. The summed E-state index contributed by atoms with van der Waals surface area (Å²) in [6.07, 6.45) is 8.70. The van der Waals surface area contributed by atoms with Crippen LogP contribution in [0.3, 0.4) is 0 Å². The Kier molecular flexibility index (Phi) is 5.83. The molecule has 0 bridgehead atoms. The molecule has 0 spiro atoms. The molecule has 0 amide bonds. The molecule has 1 aliphatic heterocycles. The summed E-state index contributed by atoms with van der Waals surface area (Å²) in [5.41, 5.74) is 3.24. The van der Waals surface area contributed by atoms with Gasteiger partial charge in [0, 0.05) is 61.9 Å². The Labute approximate surface area is 166 Å². The molecule has 144 valence electrons. The highest BCUT2D eigenvalue weighted by atomic mass is 16.3. The Morgan fingerprint density at radius 1 is 0.964 bits per heavy atom. The minimum atomic E-state index is 0.291. The van der Waals surface area contributed by atoms with Crippen molar-refractivity contribution in [2.45, 2.75) is 25.3 Å². The van der Waals surface area contributed by atoms with Crippen LogP contribution in [0.2, 0.25) is 0 Å². The maximum atomic E-state index is 9.97. The molecule has 2 aromatic heterocycles. The van der Waals surface area contributed by atoms with Crippen molar-refractivity contribution in [1.82, 2.24) is 14.9 Å². The molecule has 1 N–H and O–H groups in total. The van der Waals surface area contributed by atoms with Crippen LogP contribution in [0.1, 0.15) is 18.5 Å². The second-order valence-electron chi connectivity index (χ2n) is 7.24. The van der Waals surface area contributed by atoms with Crippen molar-refractivity contribution in [1.29, 1.82) is 0 Å². The van der Waals surface area contributed by atoms with Gasteiger partial charge in [0.1, 0.15) is 5.75 Å². The van der Waals surface area contributed by atoms with Crippen LogP contribution in [0.25, 0.3) is 0 Å². The van der Waals surface area contributed by atoms with Gasteiger partial charge in [0.25, 0.3) is 0 Å². The van der Waals surface area contributed by atoms with Crippen LogP contribution in [0.4, 0.5) is 11.4 Å². The number of rotatable bonds is 6. The minimum absolute atomic E-state index is 0.291. The summed E-state index contributed by atoms with van der Waals surface area (Å²) < 4.78 is 0. The van der Waals surface area contributed by atoms with Gasteiger partial charge >= 0.3 is 0 Å². The summed E-state index contributed by atoms with van der Waals surface area (Å²) in [7, 11) is 0. The molecule has 1 aromatic carbocycles. The number of phenolic OH excluding ortho intramolecular Hbond substituents is 1. The molecule has 0 unspecified atom stereocenters. The van der Waals surface area contributed by atoms with Gasteiger partial charge in [-0.3, -0.25) is 9.97 Å². The summed E-state index contributed by atoms with van der Waals surface area (Å²) in [5.74, 6) is 0.291. The van der Waals surface area contributed by atoms with Gasteiger partial charge in [-0.1, -0.05) is 12.1 Å². The smallest absolute Gasteiger partial charge is 0.117 e. The van der Waals surface area contributed by atoms with E-state index in [9.17, 15) is 5.11 Å². The van der Waals surface area contributed by atoms with Crippen molar-refractivity contribution < 1.29 is 5.11 Å². The Hall–Kier alpha value is -2.92. The van der Waals surface area contributed by atoms with E-state index < -0.39 is 0 Å². The summed E-state index contributed by atoms with van der Waals surface area (Å²) in [5, 5.41) is 9.97. The van der Waals surface area contributed by atoms with Crippen LogP contribution in [-0.2, 0) is 6.42 Å². The first-order valence-corrected chi connectivity index (χ1v) is 9.90. The van der Waals surface area contributed by atoms with Gasteiger partial charge in [-0.05, 0) is 49.2 Å². The SMILES string of the molecule is Oc1cccc(N(c2cccnc2)C2CCN(CCc3ccccn3)CC2)c1. The van der Waals surface area contributed by atoms with E-state index in [2.05, 4.69) is 44.0 Å². The number of aromatic hydroxyl groups is 1. The largest absolute Gasteiger partial charge is 0.508 e. The molecule has 0 aliphatic carbocycles. The zero-order chi connectivity index (χ0) is 19.2. The van der Waals surface area contributed by atoms with E-state index in [4.69, 9.17) is 0 Å². The van der Waals surface area contributed by atoms with Crippen molar-refractivity contribution in [3.63, 3.8) is 0 Å². The average molecular weight is 374 g/mol. The second-order valence-corrected chi connectivity index (χ2v) is 7.24. The van der Waals surface area contributed by atoms with Crippen molar-refractivity contribution in [2.24, 2.45) is 0 Å². The van der Waals surface area contributed by atoms with Gasteiger partial charge in [0.2, 0.25) is 0 Å². The van der Waals surface area contributed by atoms with E-state index in [1.165, 1.54) is 0 Å². The molecule has 5 heteroatoms. The number of benzene rings is 1. The van der Waals surface area contributed by atoms with E-state index in [1.807, 2.05) is 36.7 Å². The summed E-state index contributed by atoms with van der Waals surface area (Å²) >= 11 is 0. The molecule has 1 aliphatic rings. The van der Waals surface area contributed by atoms with Crippen LogP contribution < -0.4 is 4.90 Å². The first-order chi connectivity index (χ1) is 13.8. The number of phenols is 1. The third-order valence-electron chi connectivity index (χ3n) is 5.36. The van der Waals surface area contributed by atoms with E-state index in [1.54, 1.807) is 12.3 Å². The molecule has 5 nitrogen and oxygen atoms in total. The molecule has 0 saturated carbocycles. The first-order valence-electron chi connectivity index (χ1n) is 9.90. The molecule has 0 radical (unpaired) electrons. The van der Waals surface area contributed by atoms with Crippen LogP contribution in [-0.4, -0.2) is 45.7 Å². The second kappa shape index (κ2) is 8.85. The summed E-state index contributed by atoms with van der Waals surface area (Å²) in [6, 6.07) is 18.1. The van der Waals surface area contributed by atoms with Gasteiger partial charge in [-0.2, -0.15) is 0 Å². The third-order valence-corrected chi connectivity index (χ3v) is 5.36. The van der Waals surface area contributed by atoms with E-state index in [0.29, 0.717) is 11.8 Å². The van der Waals surface area contributed by atoms with Crippen molar-refractivity contribution in [2.75, 3.05) is 24.5 Å². The Morgan fingerprint density at radius 2 is 1.82 bits per heavy atom. The minimum Gasteiger partial charge on any atom is -0.508 e. The Bertz CT molecular complexity index is 864. The fraction of sp³-hybridized carbons (Fsp3) is 0.304. The number of piperidine rings is 1. The highest BCUT2D eigenvalue weighted by molar-refractivity contribution is 5.64. The highest BCUT2D eigenvalue weighted by Crippen LogP contribution is 2.33. The zero-order valence-electron chi connectivity index (χ0n) is 16.0. The molecule has 0 atom stereocenters. The molecule has 4 rings (SSSR count). The normalized spacial score (nSPS) is 15.4. The predicted molar refractivity (Wildman–Crippen MR) is 112 cm³/mol. The highest BCUT2D eigenvalue weighted by Gasteiger charge is 2.26. The number of nitrogens with zero attached hydrogens (tertiary/aromatic N) is 4. The number of pyridine rings is 2. The lowest BCUT2D eigenvalue weighted by atomic mass is 10.0. The van der Waals surface area contributed by atoms with E-state index in [-0.39, 0.29) is 0 Å². The van der Waals surface area contributed by atoms with Crippen LogP contribution >= 0.6 is 0 Å². The van der Waals surface area contributed by atoms with E-state index >= 15 is 0 Å². The monoisotopic (exact) mass is 374 g/mol. The van der Waals surface area contributed by atoms with Gasteiger partial charge in [0.05, 0.1) is 11.9 Å². The average Bonchev–Trinajstić information content (AvgIpc) is 2.75. The maximum absolute atomic E-state index is 9.97. The lowest BCUT2D eigenvalue weighted by molar-refractivity contribution is 0.214. The van der Waals surface area contributed by atoms with Crippen molar-refractivity contribution >= 4 is 11.4 Å². The van der Waals surface area contributed by atoms with Gasteiger partial charge in [0.15, 0.2) is 0 Å². The number of likely N-dealkylation sites (tertiary alicyclic amines) is 1. The number of aromatic nitrogens is 2. The molecule has 3 aromatic rings. The van der Waals surface area contributed by atoms with Gasteiger partial charge in [-0.15, -0.1) is 0 Å².